The van der Waals surface area contributed by atoms with Gasteiger partial charge >= 0.3 is 0 Å². The van der Waals surface area contributed by atoms with Crippen LogP contribution in [-0.4, -0.2) is 11.2 Å². The highest BCUT2D eigenvalue weighted by molar-refractivity contribution is 5.82. The van der Waals surface area contributed by atoms with Gasteiger partial charge in [-0.3, -0.25) is 0 Å². The van der Waals surface area contributed by atoms with Gasteiger partial charge in [0.1, 0.15) is 0 Å². The Bertz CT molecular complexity index is 544. The molecule has 106 valence electrons. The van der Waals surface area contributed by atoms with Gasteiger partial charge in [0.2, 0.25) is 0 Å². The number of hydrogen-bond acceptors (Lipinski definition) is 1. The number of aliphatic hydroxyl groups is 1. The van der Waals surface area contributed by atoms with Gasteiger partial charge in [0.25, 0.3) is 0 Å². The standard InChI is InChI=1S/C19H24O/c1-2-3-4-5-6-11-19(20)15-16-12-13-17-9-7-8-10-18(17)14-16/h2,7-10,12-14,19-20H,1,3-6,11,15H2. The Morgan fingerprint density at radius 1 is 1.00 bits per heavy atom. The van der Waals surface area contributed by atoms with Crippen LogP contribution in [0.25, 0.3) is 10.8 Å². The number of fused-ring (bicyclic) bond motifs is 1. The summed E-state index contributed by atoms with van der Waals surface area (Å²) < 4.78 is 0. The fourth-order valence-corrected chi connectivity index (χ4v) is 2.59. The summed E-state index contributed by atoms with van der Waals surface area (Å²) in [4.78, 5) is 0. The van der Waals surface area contributed by atoms with Gasteiger partial charge in [0.15, 0.2) is 0 Å². The van der Waals surface area contributed by atoms with Crippen LogP contribution in [-0.2, 0) is 6.42 Å². The second-order valence-electron chi connectivity index (χ2n) is 5.47. The maximum Gasteiger partial charge on any atom is 0.0580 e. The van der Waals surface area contributed by atoms with Gasteiger partial charge in [-0.2, -0.15) is 0 Å². The number of benzene rings is 2. The van der Waals surface area contributed by atoms with Gasteiger partial charge in [0.05, 0.1) is 6.10 Å². The second kappa shape index (κ2) is 7.86. The third kappa shape index (κ3) is 4.50. The molecule has 0 saturated carbocycles. The molecule has 1 unspecified atom stereocenters. The molecule has 0 spiro atoms. The first kappa shape index (κ1) is 14.8. The van der Waals surface area contributed by atoms with Crippen LogP contribution in [0.2, 0.25) is 0 Å². The second-order valence-corrected chi connectivity index (χ2v) is 5.47. The summed E-state index contributed by atoms with van der Waals surface area (Å²) in [5.74, 6) is 0. The number of unbranched alkanes of at least 4 members (excludes halogenated alkanes) is 3. The lowest BCUT2D eigenvalue weighted by Crippen LogP contribution is -2.10. The van der Waals surface area contributed by atoms with Crippen molar-refractivity contribution in [2.24, 2.45) is 0 Å². The summed E-state index contributed by atoms with van der Waals surface area (Å²) in [5, 5.41) is 12.6. The minimum absolute atomic E-state index is 0.222. The topological polar surface area (TPSA) is 20.2 Å². The van der Waals surface area contributed by atoms with Crippen molar-refractivity contribution in [1.82, 2.24) is 0 Å². The van der Waals surface area contributed by atoms with Crippen LogP contribution < -0.4 is 0 Å². The van der Waals surface area contributed by atoms with Crippen molar-refractivity contribution in [3.8, 4) is 0 Å². The third-order valence-electron chi connectivity index (χ3n) is 3.73. The molecule has 1 atom stereocenters. The predicted octanol–water partition coefficient (Wildman–Crippen LogP) is 4.88. The number of rotatable bonds is 8. The van der Waals surface area contributed by atoms with Crippen molar-refractivity contribution >= 4 is 10.8 Å². The Morgan fingerprint density at radius 3 is 2.60 bits per heavy atom. The van der Waals surface area contributed by atoms with E-state index in [9.17, 15) is 5.11 Å². The average molecular weight is 268 g/mol. The summed E-state index contributed by atoms with van der Waals surface area (Å²) in [6, 6.07) is 14.8. The van der Waals surface area contributed by atoms with E-state index in [2.05, 4.69) is 49.0 Å². The van der Waals surface area contributed by atoms with Crippen LogP contribution in [0.5, 0.6) is 0 Å². The first-order valence-electron chi connectivity index (χ1n) is 7.56. The van der Waals surface area contributed by atoms with Crippen molar-refractivity contribution in [1.29, 1.82) is 0 Å². The van der Waals surface area contributed by atoms with E-state index in [0.717, 1.165) is 25.7 Å². The molecular weight excluding hydrogens is 244 g/mol. The zero-order valence-electron chi connectivity index (χ0n) is 12.1. The normalized spacial score (nSPS) is 12.4. The van der Waals surface area contributed by atoms with Gasteiger partial charge in [-0.1, -0.05) is 61.4 Å². The van der Waals surface area contributed by atoms with Crippen LogP contribution in [0, 0.1) is 0 Å². The highest BCUT2D eigenvalue weighted by atomic mass is 16.3. The van der Waals surface area contributed by atoms with Crippen LogP contribution in [0.4, 0.5) is 0 Å². The largest absolute Gasteiger partial charge is 0.393 e. The van der Waals surface area contributed by atoms with Crippen LogP contribution in [0.15, 0.2) is 55.1 Å². The molecule has 0 radical (unpaired) electrons. The van der Waals surface area contributed by atoms with E-state index < -0.39 is 0 Å². The highest BCUT2D eigenvalue weighted by Gasteiger charge is 2.06. The number of hydrogen-bond donors (Lipinski definition) is 1. The summed E-state index contributed by atoms with van der Waals surface area (Å²) >= 11 is 0. The lowest BCUT2D eigenvalue weighted by molar-refractivity contribution is 0.161. The maximum absolute atomic E-state index is 10.1. The van der Waals surface area contributed by atoms with Crippen molar-refractivity contribution in [3.05, 3.63) is 60.7 Å². The summed E-state index contributed by atoms with van der Waals surface area (Å²) in [7, 11) is 0. The van der Waals surface area contributed by atoms with Crippen molar-refractivity contribution in [3.63, 3.8) is 0 Å². The first-order valence-corrected chi connectivity index (χ1v) is 7.56. The monoisotopic (exact) mass is 268 g/mol. The molecule has 0 aliphatic heterocycles. The van der Waals surface area contributed by atoms with Crippen molar-refractivity contribution in [2.75, 3.05) is 0 Å². The van der Waals surface area contributed by atoms with E-state index in [1.54, 1.807) is 0 Å². The lowest BCUT2D eigenvalue weighted by Gasteiger charge is -2.11. The molecular formula is C19H24O. The molecule has 0 amide bonds. The van der Waals surface area contributed by atoms with Gasteiger partial charge in [0, 0.05) is 0 Å². The Kier molecular flexibility index (Phi) is 5.82. The average Bonchev–Trinajstić information content (AvgIpc) is 2.47. The third-order valence-corrected chi connectivity index (χ3v) is 3.73. The molecule has 2 aromatic rings. The molecule has 0 aliphatic rings. The molecule has 1 N–H and O–H groups in total. The molecule has 2 aromatic carbocycles. The Labute approximate surface area is 122 Å². The maximum atomic E-state index is 10.1. The molecule has 0 fully saturated rings. The van der Waals surface area contributed by atoms with Crippen molar-refractivity contribution < 1.29 is 5.11 Å². The molecule has 0 bridgehead atoms. The van der Waals surface area contributed by atoms with Crippen molar-refractivity contribution in [2.45, 2.75) is 44.6 Å². The summed E-state index contributed by atoms with van der Waals surface area (Å²) in [5.41, 5.74) is 1.22. The van der Waals surface area contributed by atoms with Gasteiger partial charge in [-0.25, -0.2) is 0 Å². The molecule has 2 rings (SSSR count). The Hall–Kier alpha value is -1.60. The highest BCUT2D eigenvalue weighted by Crippen LogP contribution is 2.18. The zero-order valence-corrected chi connectivity index (χ0v) is 12.1. The van der Waals surface area contributed by atoms with Gasteiger partial charge in [-0.05, 0) is 42.0 Å². The van der Waals surface area contributed by atoms with Gasteiger partial charge in [-0.15, -0.1) is 6.58 Å². The van der Waals surface area contributed by atoms with Gasteiger partial charge < -0.3 is 5.11 Å². The molecule has 1 heteroatoms. The quantitative estimate of drug-likeness (QED) is 0.534. The van der Waals surface area contributed by atoms with Crippen LogP contribution >= 0.6 is 0 Å². The Balaban J connectivity index is 1.83. The predicted molar refractivity (Wildman–Crippen MR) is 86.9 cm³/mol. The summed E-state index contributed by atoms with van der Waals surface area (Å²) in [6.07, 6.45) is 7.94. The minimum atomic E-state index is -0.222. The SMILES string of the molecule is C=CCCCCCC(O)Cc1ccc2ccccc2c1. The molecule has 0 heterocycles. The van der Waals surface area contributed by atoms with E-state index in [0.29, 0.717) is 0 Å². The Morgan fingerprint density at radius 2 is 1.80 bits per heavy atom. The van der Waals surface area contributed by atoms with E-state index in [-0.39, 0.29) is 6.10 Å². The summed E-state index contributed by atoms with van der Waals surface area (Å²) in [6.45, 7) is 3.72. The molecule has 1 nitrogen and oxygen atoms in total. The zero-order chi connectivity index (χ0) is 14.2. The van der Waals surface area contributed by atoms with Crippen LogP contribution in [0.1, 0.15) is 37.7 Å². The fraction of sp³-hybridized carbons (Fsp3) is 0.368. The lowest BCUT2D eigenvalue weighted by atomic mass is 10.00. The van der Waals surface area contributed by atoms with E-state index in [1.807, 2.05) is 6.08 Å². The molecule has 20 heavy (non-hydrogen) atoms. The number of aliphatic hydroxyl groups excluding tert-OH is 1. The number of allylic oxidation sites excluding steroid dienone is 1. The van der Waals surface area contributed by atoms with E-state index in [4.69, 9.17) is 0 Å². The molecule has 0 saturated heterocycles. The van der Waals surface area contributed by atoms with E-state index >= 15 is 0 Å². The first-order chi connectivity index (χ1) is 9.79. The smallest absolute Gasteiger partial charge is 0.0580 e. The fourth-order valence-electron chi connectivity index (χ4n) is 2.59. The van der Waals surface area contributed by atoms with E-state index in [1.165, 1.54) is 29.2 Å². The van der Waals surface area contributed by atoms with Crippen LogP contribution in [0.3, 0.4) is 0 Å². The molecule has 0 aliphatic carbocycles. The minimum Gasteiger partial charge on any atom is -0.393 e. The molecule has 0 aromatic heterocycles.